The number of carbonyl (C=O) groups excluding carboxylic acids is 1. The second kappa shape index (κ2) is 10.5. The monoisotopic (exact) mass is 428 g/mol. The van der Waals surface area contributed by atoms with E-state index in [1.165, 1.54) is 6.21 Å². The molecule has 0 unspecified atom stereocenters. The molecule has 0 spiro atoms. The highest BCUT2D eigenvalue weighted by molar-refractivity contribution is 6.31. The molecule has 0 aliphatic rings. The molecule has 0 aliphatic carbocycles. The van der Waals surface area contributed by atoms with Gasteiger partial charge in [-0.05, 0) is 36.4 Å². The Hall–Kier alpha value is -3.02. The first-order valence-electron chi connectivity index (χ1n) is 8.78. The highest BCUT2D eigenvalue weighted by Gasteiger charge is 2.06. The van der Waals surface area contributed by atoms with Gasteiger partial charge in [-0.25, -0.2) is 0 Å². The fraction of sp³-hybridized carbons (Fsp3) is 0.0909. The summed E-state index contributed by atoms with van der Waals surface area (Å²) in [6.45, 7) is 0.0737. The van der Waals surface area contributed by atoms with Crippen molar-refractivity contribution in [1.82, 2.24) is 0 Å². The van der Waals surface area contributed by atoms with Crippen LogP contribution in [-0.2, 0) is 16.2 Å². The second-order valence-corrected chi connectivity index (χ2v) is 6.83. The zero-order valence-electron chi connectivity index (χ0n) is 15.3. The molecule has 0 heterocycles. The maximum absolute atomic E-state index is 11.9. The van der Waals surface area contributed by atoms with E-state index in [1.54, 1.807) is 36.4 Å². The predicted octanol–water partition coefficient (Wildman–Crippen LogP) is 5.56. The number of benzene rings is 3. The number of hydrogen-bond acceptors (Lipinski definition) is 4. The van der Waals surface area contributed by atoms with Crippen LogP contribution in [0, 0.1) is 0 Å². The number of rotatable bonds is 8. The van der Waals surface area contributed by atoms with Gasteiger partial charge in [0.2, 0.25) is 0 Å². The largest absolute Gasteiger partial charge is 0.488 e. The van der Waals surface area contributed by atoms with Crippen LogP contribution < -0.4 is 10.1 Å². The van der Waals surface area contributed by atoms with Gasteiger partial charge in [-0.3, -0.25) is 4.79 Å². The summed E-state index contributed by atoms with van der Waals surface area (Å²) in [5.74, 6) is 0.255. The Morgan fingerprint density at radius 1 is 1.00 bits per heavy atom. The number of ether oxygens (including phenoxy) is 1. The van der Waals surface area contributed by atoms with Crippen molar-refractivity contribution in [2.75, 3.05) is 11.9 Å². The highest BCUT2D eigenvalue weighted by atomic mass is 35.5. The number of amides is 1. The Labute approximate surface area is 178 Å². The number of anilines is 1. The highest BCUT2D eigenvalue weighted by Crippen LogP contribution is 2.24. The third-order valence-corrected chi connectivity index (χ3v) is 4.44. The first kappa shape index (κ1) is 20.7. The number of nitrogens with zero attached hydrogens (tertiary/aromatic N) is 1. The van der Waals surface area contributed by atoms with Gasteiger partial charge in [0.05, 0.1) is 6.21 Å². The smallest absolute Gasteiger partial charge is 0.265 e. The summed E-state index contributed by atoms with van der Waals surface area (Å²) in [5, 5.41) is 7.71. The molecule has 0 fully saturated rings. The molecule has 0 bridgehead atoms. The molecule has 0 saturated carbocycles. The van der Waals surface area contributed by atoms with Crippen molar-refractivity contribution in [3.8, 4) is 5.75 Å². The normalized spacial score (nSPS) is 10.7. The Morgan fingerprint density at radius 2 is 1.76 bits per heavy atom. The van der Waals surface area contributed by atoms with Crippen LogP contribution >= 0.6 is 23.2 Å². The van der Waals surface area contributed by atoms with Crippen LogP contribution in [0.25, 0.3) is 0 Å². The van der Waals surface area contributed by atoms with Crippen molar-refractivity contribution in [3.05, 3.63) is 94.0 Å². The molecule has 3 aromatic carbocycles. The van der Waals surface area contributed by atoms with Gasteiger partial charge in [0.15, 0.2) is 6.61 Å². The van der Waals surface area contributed by atoms with E-state index in [-0.39, 0.29) is 12.5 Å². The van der Waals surface area contributed by atoms with Crippen LogP contribution in [0.1, 0.15) is 11.1 Å². The quantitative estimate of drug-likeness (QED) is 0.377. The summed E-state index contributed by atoms with van der Waals surface area (Å²) >= 11 is 12.2. The van der Waals surface area contributed by atoms with E-state index >= 15 is 0 Å². The van der Waals surface area contributed by atoms with Gasteiger partial charge in [-0.1, -0.05) is 64.8 Å². The Morgan fingerprint density at radius 3 is 2.55 bits per heavy atom. The lowest BCUT2D eigenvalue weighted by Crippen LogP contribution is -2.16. The van der Waals surface area contributed by atoms with Crippen molar-refractivity contribution in [1.29, 1.82) is 0 Å². The zero-order valence-corrected chi connectivity index (χ0v) is 16.9. The minimum atomic E-state index is -0.311. The van der Waals surface area contributed by atoms with Crippen molar-refractivity contribution in [2.24, 2.45) is 5.16 Å². The fourth-order valence-corrected chi connectivity index (χ4v) is 2.80. The van der Waals surface area contributed by atoms with Crippen LogP contribution in [0.2, 0.25) is 10.0 Å². The van der Waals surface area contributed by atoms with E-state index < -0.39 is 0 Å². The summed E-state index contributed by atoms with van der Waals surface area (Å²) in [4.78, 5) is 17.0. The summed E-state index contributed by atoms with van der Waals surface area (Å²) in [5.41, 5.74) is 2.17. The van der Waals surface area contributed by atoms with Gasteiger partial charge in [-0.2, -0.15) is 0 Å². The molecule has 5 nitrogen and oxygen atoms in total. The van der Waals surface area contributed by atoms with Crippen LogP contribution in [-0.4, -0.2) is 18.7 Å². The number of para-hydroxylation sites is 1. The van der Waals surface area contributed by atoms with Crippen molar-refractivity contribution >= 4 is 41.0 Å². The molecule has 29 heavy (non-hydrogen) atoms. The van der Waals surface area contributed by atoms with Crippen molar-refractivity contribution in [3.63, 3.8) is 0 Å². The maximum atomic E-state index is 11.9. The molecule has 3 aromatic rings. The lowest BCUT2D eigenvalue weighted by Gasteiger charge is -2.10. The number of hydrogen-bond donors (Lipinski definition) is 1. The summed E-state index contributed by atoms with van der Waals surface area (Å²) in [7, 11) is 0. The lowest BCUT2D eigenvalue weighted by molar-refractivity contribution is -0.120. The minimum Gasteiger partial charge on any atom is -0.488 e. The van der Waals surface area contributed by atoms with Crippen LogP contribution in [0.4, 0.5) is 5.69 Å². The number of halogens is 2. The third kappa shape index (κ3) is 6.52. The Balaban J connectivity index is 1.57. The molecular weight excluding hydrogens is 411 g/mol. The fourth-order valence-electron chi connectivity index (χ4n) is 2.43. The molecular formula is C22H18Cl2N2O3. The summed E-state index contributed by atoms with van der Waals surface area (Å²) < 4.78 is 5.85. The number of oxime groups is 1. The van der Waals surface area contributed by atoms with Gasteiger partial charge in [0.25, 0.3) is 5.91 Å². The van der Waals surface area contributed by atoms with Crippen molar-refractivity contribution in [2.45, 2.75) is 6.61 Å². The van der Waals surface area contributed by atoms with E-state index in [1.807, 2.05) is 36.4 Å². The van der Waals surface area contributed by atoms with Crippen LogP contribution in [0.5, 0.6) is 5.75 Å². The van der Waals surface area contributed by atoms with Crippen LogP contribution in [0.15, 0.2) is 78.0 Å². The van der Waals surface area contributed by atoms with Gasteiger partial charge < -0.3 is 14.9 Å². The SMILES string of the molecule is O=C(CON=Cc1cc(Cl)ccc1OCc1ccccc1Cl)Nc1ccccc1. The Kier molecular flexibility index (Phi) is 7.50. The molecule has 7 heteroatoms. The maximum Gasteiger partial charge on any atom is 0.265 e. The zero-order chi connectivity index (χ0) is 20.5. The average Bonchev–Trinajstić information content (AvgIpc) is 2.72. The topological polar surface area (TPSA) is 59.9 Å². The van der Waals surface area contributed by atoms with E-state index in [0.717, 1.165) is 5.56 Å². The average molecular weight is 429 g/mol. The van der Waals surface area contributed by atoms with Crippen molar-refractivity contribution < 1.29 is 14.4 Å². The molecule has 1 amide bonds. The molecule has 148 valence electrons. The molecule has 0 aromatic heterocycles. The summed E-state index contributed by atoms with van der Waals surface area (Å²) in [6, 6.07) is 21.7. The minimum absolute atomic E-state index is 0.220. The van der Waals surface area contributed by atoms with Crippen LogP contribution in [0.3, 0.4) is 0 Å². The molecule has 1 N–H and O–H groups in total. The molecule has 3 rings (SSSR count). The van der Waals surface area contributed by atoms with Gasteiger partial charge in [-0.15, -0.1) is 0 Å². The first-order valence-corrected chi connectivity index (χ1v) is 9.53. The van der Waals surface area contributed by atoms with E-state index in [0.29, 0.717) is 33.7 Å². The van der Waals surface area contributed by atoms with E-state index in [4.69, 9.17) is 32.8 Å². The summed E-state index contributed by atoms with van der Waals surface area (Å²) in [6.07, 6.45) is 1.45. The van der Waals surface area contributed by atoms with Gasteiger partial charge in [0, 0.05) is 26.9 Å². The molecule has 0 aliphatic heterocycles. The van der Waals surface area contributed by atoms with Gasteiger partial charge >= 0.3 is 0 Å². The molecule has 0 atom stereocenters. The first-order chi connectivity index (χ1) is 14.1. The Bertz CT molecular complexity index is 994. The lowest BCUT2D eigenvalue weighted by atomic mass is 10.2. The van der Waals surface area contributed by atoms with E-state index in [2.05, 4.69) is 10.5 Å². The second-order valence-electron chi connectivity index (χ2n) is 5.98. The molecule has 0 radical (unpaired) electrons. The van der Waals surface area contributed by atoms with Gasteiger partial charge in [0.1, 0.15) is 12.4 Å². The molecule has 0 saturated heterocycles. The number of nitrogens with one attached hydrogen (secondary N) is 1. The number of carbonyl (C=O) groups is 1. The standard InChI is InChI=1S/C22H18Cl2N2O3/c23-18-10-11-21(28-14-16-6-4-5-9-20(16)24)17(12-18)13-25-29-15-22(27)26-19-7-2-1-3-8-19/h1-13H,14-15H2,(H,26,27). The third-order valence-electron chi connectivity index (χ3n) is 3.83. The van der Waals surface area contributed by atoms with E-state index in [9.17, 15) is 4.79 Å². The predicted molar refractivity (Wildman–Crippen MR) is 116 cm³/mol.